The number of hydrogen-bond acceptors (Lipinski definition) is 1. The van der Waals surface area contributed by atoms with Crippen molar-refractivity contribution >= 4 is 25.1 Å². The maximum Gasteiger partial charge on any atom is 0.127 e. The van der Waals surface area contributed by atoms with Crippen LogP contribution < -0.4 is 15.3 Å². The van der Waals surface area contributed by atoms with E-state index in [1.54, 1.807) is 0 Å². The zero-order chi connectivity index (χ0) is 23.3. The van der Waals surface area contributed by atoms with Gasteiger partial charge in [-0.15, -0.1) is 0 Å². The molecule has 0 amide bonds. The van der Waals surface area contributed by atoms with Crippen LogP contribution in [0, 0.1) is 0 Å². The number of rotatable bonds is 8. The Morgan fingerprint density at radius 1 is 0.455 bits per heavy atom. The molecule has 33 heavy (non-hydrogen) atoms. The van der Waals surface area contributed by atoms with Crippen LogP contribution in [-0.4, -0.2) is 26.7 Å². The van der Waals surface area contributed by atoms with Gasteiger partial charge in [0.2, 0.25) is 0 Å². The Hall–Kier alpha value is -2.46. The molecule has 0 bridgehead atoms. The van der Waals surface area contributed by atoms with E-state index in [-0.39, 0.29) is 0 Å². The first-order valence-electron chi connectivity index (χ1n) is 11.4. The van der Waals surface area contributed by atoms with Crippen LogP contribution in [0.15, 0.2) is 109 Å². The minimum absolute atomic E-state index is 0.888. The lowest BCUT2D eigenvalue weighted by Gasteiger charge is -2.18. The molecular formula is C30H34OP2+2. The van der Waals surface area contributed by atoms with E-state index in [2.05, 4.69) is 136 Å². The van der Waals surface area contributed by atoms with Crippen LogP contribution >= 0.6 is 14.5 Å². The van der Waals surface area contributed by atoms with E-state index < -0.39 is 14.5 Å². The summed E-state index contributed by atoms with van der Waals surface area (Å²) in [7, 11) is -2.36. The van der Waals surface area contributed by atoms with Gasteiger partial charge < -0.3 is 4.74 Å². The van der Waals surface area contributed by atoms with E-state index in [4.69, 9.17) is 4.74 Å². The van der Waals surface area contributed by atoms with Gasteiger partial charge in [0.15, 0.2) is 0 Å². The van der Waals surface area contributed by atoms with Gasteiger partial charge in [-0.1, -0.05) is 60.7 Å². The Balaban J connectivity index is 1.37. The van der Waals surface area contributed by atoms with Crippen molar-refractivity contribution in [3.63, 3.8) is 0 Å². The smallest absolute Gasteiger partial charge is 0.127 e. The van der Waals surface area contributed by atoms with Crippen LogP contribution in [0.25, 0.3) is 0 Å². The second kappa shape index (κ2) is 10.2. The summed E-state index contributed by atoms with van der Waals surface area (Å²) in [4.78, 5) is 0. The Labute approximate surface area is 200 Å². The highest BCUT2D eigenvalue weighted by atomic mass is 31.2. The van der Waals surface area contributed by atoms with Crippen molar-refractivity contribution in [3.05, 3.63) is 120 Å². The maximum absolute atomic E-state index is 6.14. The second-order valence-corrected chi connectivity index (χ2v) is 18.2. The first-order chi connectivity index (χ1) is 15.8. The Morgan fingerprint density at radius 2 is 0.788 bits per heavy atom. The molecule has 0 saturated carbocycles. The van der Waals surface area contributed by atoms with Gasteiger partial charge in [0.25, 0.3) is 0 Å². The largest absolute Gasteiger partial charge is 0.457 e. The molecule has 4 aromatic carbocycles. The van der Waals surface area contributed by atoms with E-state index in [0.717, 1.165) is 23.8 Å². The second-order valence-electron chi connectivity index (χ2n) is 9.75. The Bertz CT molecular complexity index is 1050. The van der Waals surface area contributed by atoms with Crippen molar-refractivity contribution in [2.75, 3.05) is 26.7 Å². The minimum atomic E-state index is -1.18. The standard InChI is InChI=1S/C30H34OP2/c1-32(2,29-11-7-5-8-12-29)23-25-15-19-27(20-16-25)31-28-21-17-26(18-22-28)24-33(3,4)30-13-9-6-10-14-30/h5-22H,23-24H2,1-4H3/q+2. The normalized spacial score (nSPS) is 11.9. The van der Waals surface area contributed by atoms with Gasteiger partial charge in [0.1, 0.15) is 11.5 Å². The van der Waals surface area contributed by atoms with Crippen molar-refractivity contribution in [1.82, 2.24) is 0 Å². The summed E-state index contributed by atoms with van der Waals surface area (Å²) in [6.45, 7) is 9.65. The first-order valence-corrected chi connectivity index (χ1v) is 17.2. The average molecular weight is 473 g/mol. The summed E-state index contributed by atoms with van der Waals surface area (Å²) in [5, 5.41) is 2.95. The molecule has 0 heterocycles. The number of ether oxygens (including phenoxy) is 1. The molecule has 0 saturated heterocycles. The molecule has 0 aliphatic heterocycles. The summed E-state index contributed by atoms with van der Waals surface area (Å²) >= 11 is 0. The minimum Gasteiger partial charge on any atom is -0.457 e. The number of hydrogen-bond donors (Lipinski definition) is 0. The van der Waals surface area contributed by atoms with Gasteiger partial charge in [-0.05, 0) is 59.7 Å². The van der Waals surface area contributed by atoms with Crippen LogP contribution in [0.3, 0.4) is 0 Å². The van der Waals surface area contributed by atoms with Crippen molar-refractivity contribution in [3.8, 4) is 11.5 Å². The Kier molecular flexibility index (Phi) is 7.33. The molecular weight excluding hydrogens is 438 g/mol. The SMILES string of the molecule is C[P+](C)(Cc1ccc(Oc2ccc(C[P+](C)(C)c3ccccc3)cc2)cc1)c1ccccc1. The lowest BCUT2D eigenvalue weighted by atomic mass is 10.2. The predicted molar refractivity (Wildman–Crippen MR) is 150 cm³/mol. The third kappa shape index (κ3) is 6.32. The van der Waals surface area contributed by atoms with Crippen molar-refractivity contribution in [2.45, 2.75) is 12.3 Å². The topological polar surface area (TPSA) is 9.23 Å². The molecule has 0 fully saturated rings. The van der Waals surface area contributed by atoms with E-state index in [9.17, 15) is 0 Å². The average Bonchev–Trinajstić information content (AvgIpc) is 2.82. The van der Waals surface area contributed by atoms with Gasteiger partial charge in [0.05, 0.1) is 49.6 Å². The highest BCUT2D eigenvalue weighted by Gasteiger charge is 2.29. The molecule has 4 rings (SSSR count). The van der Waals surface area contributed by atoms with Crippen molar-refractivity contribution in [2.24, 2.45) is 0 Å². The highest BCUT2D eigenvalue weighted by molar-refractivity contribution is 7.81. The summed E-state index contributed by atoms with van der Waals surface area (Å²) in [6, 6.07) is 39.0. The summed E-state index contributed by atoms with van der Waals surface area (Å²) in [5.41, 5.74) is 2.74. The monoisotopic (exact) mass is 472 g/mol. The van der Waals surface area contributed by atoms with Gasteiger partial charge in [0, 0.05) is 14.5 Å². The lowest BCUT2D eigenvalue weighted by Crippen LogP contribution is -2.10. The highest BCUT2D eigenvalue weighted by Crippen LogP contribution is 2.53. The van der Waals surface area contributed by atoms with Crippen LogP contribution in [0.5, 0.6) is 11.5 Å². The third-order valence-corrected chi connectivity index (χ3v) is 11.9. The first kappa shape index (κ1) is 23.7. The fourth-order valence-electron chi connectivity index (χ4n) is 4.22. The molecule has 3 heteroatoms. The Morgan fingerprint density at radius 3 is 1.12 bits per heavy atom. The molecule has 1 nitrogen and oxygen atoms in total. The van der Waals surface area contributed by atoms with Gasteiger partial charge >= 0.3 is 0 Å². The molecule has 0 unspecified atom stereocenters. The molecule has 0 atom stereocenters. The molecule has 0 N–H and O–H groups in total. The van der Waals surface area contributed by atoms with Crippen molar-refractivity contribution < 1.29 is 4.74 Å². The van der Waals surface area contributed by atoms with E-state index in [1.807, 2.05) is 0 Å². The lowest BCUT2D eigenvalue weighted by molar-refractivity contribution is 0.482. The fraction of sp³-hybridized carbons (Fsp3) is 0.200. The van der Waals surface area contributed by atoms with Gasteiger partial charge in [-0.25, -0.2) is 0 Å². The molecule has 0 aliphatic rings. The molecule has 0 aliphatic carbocycles. The zero-order valence-electron chi connectivity index (χ0n) is 20.1. The molecule has 4 aromatic rings. The maximum atomic E-state index is 6.14. The molecule has 0 radical (unpaired) electrons. The molecule has 0 aromatic heterocycles. The fourth-order valence-corrected chi connectivity index (χ4v) is 8.79. The van der Waals surface area contributed by atoms with Gasteiger partial charge in [-0.3, -0.25) is 0 Å². The van der Waals surface area contributed by atoms with Crippen molar-refractivity contribution in [1.29, 1.82) is 0 Å². The van der Waals surface area contributed by atoms with Gasteiger partial charge in [-0.2, -0.15) is 0 Å². The summed E-state index contributed by atoms with van der Waals surface area (Å²) in [5.74, 6) is 1.78. The van der Waals surface area contributed by atoms with Crippen LogP contribution in [0.4, 0.5) is 0 Å². The van der Waals surface area contributed by atoms with E-state index >= 15 is 0 Å². The zero-order valence-corrected chi connectivity index (χ0v) is 21.9. The molecule has 0 spiro atoms. The predicted octanol–water partition coefficient (Wildman–Crippen LogP) is 7.68. The third-order valence-electron chi connectivity index (χ3n) is 6.15. The van der Waals surface area contributed by atoms with Crippen LogP contribution in [0.2, 0.25) is 0 Å². The summed E-state index contributed by atoms with van der Waals surface area (Å²) < 4.78 is 6.14. The van der Waals surface area contributed by atoms with Crippen LogP contribution in [0.1, 0.15) is 11.1 Å². The molecule has 168 valence electrons. The van der Waals surface area contributed by atoms with Crippen LogP contribution in [-0.2, 0) is 12.3 Å². The number of benzene rings is 4. The quantitative estimate of drug-likeness (QED) is 0.239. The van der Waals surface area contributed by atoms with E-state index in [1.165, 1.54) is 21.7 Å². The van der Waals surface area contributed by atoms with E-state index in [0.29, 0.717) is 0 Å². The summed E-state index contributed by atoms with van der Waals surface area (Å²) in [6.07, 6.45) is 2.21.